The number of rotatable bonds is 5. The average Bonchev–Trinajstić information content (AvgIpc) is 2.87. The molecule has 0 radical (unpaired) electrons. The first-order valence-corrected chi connectivity index (χ1v) is 6.86. The monoisotopic (exact) mass is 302 g/mol. The van der Waals surface area contributed by atoms with Crippen LogP contribution in [0.1, 0.15) is 30.0 Å². The molecule has 22 heavy (non-hydrogen) atoms. The molecule has 0 atom stereocenters. The third kappa shape index (κ3) is 3.16. The van der Waals surface area contributed by atoms with Crippen molar-refractivity contribution in [1.29, 1.82) is 0 Å². The highest BCUT2D eigenvalue weighted by molar-refractivity contribution is 6.01. The fourth-order valence-electron chi connectivity index (χ4n) is 1.90. The second-order valence-electron chi connectivity index (χ2n) is 5.70. The van der Waals surface area contributed by atoms with Crippen LogP contribution in [0.2, 0.25) is 0 Å². The number of benzene rings is 1. The van der Waals surface area contributed by atoms with E-state index in [0.29, 0.717) is 17.0 Å². The molecule has 0 bridgehead atoms. The standard InChI is InChI=1S/C16H18N2O4/c1-10-12(14(19)17-9-16(2,3)15(20)21)13(18-22-10)11-7-5-4-6-8-11/h4-8H,9H2,1-3H3,(H,17,19)(H,20,21). The Morgan fingerprint density at radius 3 is 2.50 bits per heavy atom. The molecule has 2 N–H and O–H groups in total. The highest BCUT2D eigenvalue weighted by Crippen LogP contribution is 2.25. The van der Waals surface area contributed by atoms with Gasteiger partial charge in [0.25, 0.3) is 5.91 Å². The van der Waals surface area contributed by atoms with Gasteiger partial charge in [-0.1, -0.05) is 35.5 Å². The molecule has 2 aromatic rings. The zero-order valence-electron chi connectivity index (χ0n) is 12.7. The Kier molecular flexibility index (Phi) is 4.30. The van der Waals surface area contributed by atoms with Gasteiger partial charge in [0.05, 0.1) is 5.41 Å². The van der Waals surface area contributed by atoms with E-state index < -0.39 is 17.3 Å². The topological polar surface area (TPSA) is 92.4 Å². The number of carboxylic acid groups (broad SMARTS) is 1. The minimum absolute atomic E-state index is 0.0139. The maximum atomic E-state index is 12.4. The fourth-order valence-corrected chi connectivity index (χ4v) is 1.90. The number of aromatic nitrogens is 1. The summed E-state index contributed by atoms with van der Waals surface area (Å²) in [6.07, 6.45) is 0. The molecule has 0 aliphatic rings. The van der Waals surface area contributed by atoms with Crippen molar-refractivity contribution >= 4 is 11.9 Å². The van der Waals surface area contributed by atoms with E-state index in [4.69, 9.17) is 9.63 Å². The molecule has 1 aromatic heterocycles. The van der Waals surface area contributed by atoms with Crippen LogP contribution in [-0.4, -0.2) is 28.7 Å². The van der Waals surface area contributed by atoms with Crippen LogP contribution in [0.3, 0.4) is 0 Å². The SMILES string of the molecule is Cc1onc(-c2ccccc2)c1C(=O)NCC(C)(C)C(=O)O. The number of carboxylic acids is 1. The number of hydrogen-bond acceptors (Lipinski definition) is 4. The van der Waals surface area contributed by atoms with Crippen LogP contribution in [0.25, 0.3) is 11.3 Å². The molecule has 2 rings (SSSR count). The summed E-state index contributed by atoms with van der Waals surface area (Å²) in [5.74, 6) is -0.977. The smallest absolute Gasteiger partial charge is 0.310 e. The van der Waals surface area contributed by atoms with Crippen LogP contribution in [0.5, 0.6) is 0 Å². The first-order chi connectivity index (χ1) is 10.3. The van der Waals surface area contributed by atoms with Crippen LogP contribution in [0.15, 0.2) is 34.9 Å². The molecule has 0 saturated carbocycles. The summed E-state index contributed by atoms with van der Waals surface area (Å²) in [5, 5.41) is 15.7. The van der Waals surface area contributed by atoms with Crippen LogP contribution in [0, 0.1) is 12.3 Å². The Morgan fingerprint density at radius 1 is 1.27 bits per heavy atom. The van der Waals surface area contributed by atoms with Crippen molar-refractivity contribution in [3.63, 3.8) is 0 Å². The number of hydrogen-bond donors (Lipinski definition) is 2. The third-order valence-corrected chi connectivity index (χ3v) is 3.41. The zero-order chi connectivity index (χ0) is 16.3. The number of carbonyl (C=O) groups excluding carboxylic acids is 1. The largest absolute Gasteiger partial charge is 0.481 e. The van der Waals surface area contributed by atoms with E-state index >= 15 is 0 Å². The second kappa shape index (κ2) is 6.01. The van der Waals surface area contributed by atoms with Crippen molar-refractivity contribution in [2.24, 2.45) is 5.41 Å². The summed E-state index contributed by atoms with van der Waals surface area (Å²) >= 11 is 0. The molecule has 0 saturated heterocycles. The number of aliphatic carboxylic acids is 1. The molecule has 116 valence electrons. The van der Waals surface area contributed by atoms with Gasteiger partial charge in [0.15, 0.2) is 0 Å². The summed E-state index contributed by atoms with van der Waals surface area (Å²) in [6, 6.07) is 9.21. The van der Waals surface area contributed by atoms with Gasteiger partial charge in [0, 0.05) is 12.1 Å². The van der Waals surface area contributed by atoms with Crippen molar-refractivity contribution in [3.8, 4) is 11.3 Å². The molecule has 1 amide bonds. The minimum Gasteiger partial charge on any atom is -0.481 e. The predicted molar refractivity (Wildman–Crippen MR) is 80.4 cm³/mol. The van der Waals surface area contributed by atoms with Crippen LogP contribution in [-0.2, 0) is 4.79 Å². The molecular formula is C16H18N2O4. The normalized spacial score (nSPS) is 11.2. The maximum absolute atomic E-state index is 12.4. The molecule has 0 aliphatic heterocycles. The van der Waals surface area contributed by atoms with Crippen LogP contribution >= 0.6 is 0 Å². The van der Waals surface area contributed by atoms with Crippen LogP contribution in [0.4, 0.5) is 0 Å². The van der Waals surface area contributed by atoms with Gasteiger partial charge >= 0.3 is 5.97 Å². The molecule has 0 spiro atoms. The van der Waals surface area contributed by atoms with Crippen LogP contribution < -0.4 is 5.32 Å². The van der Waals surface area contributed by atoms with E-state index in [9.17, 15) is 9.59 Å². The van der Waals surface area contributed by atoms with E-state index in [2.05, 4.69) is 10.5 Å². The van der Waals surface area contributed by atoms with Gasteiger partial charge in [-0.15, -0.1) is 0 Å². The quantitative estimate of drug-likeness (QED) is 0.885. The molecule has 0 fully saturated rings. The molecule has 6 heteroatoms. The maximum Gasteiger partial charge on any atom is 0.310 e. The van der Waals surface area contributed by atoms with Crippen molar-refractivity contribution in [1.82, 2.24) is 10.5 Å². The van der Waals surface area contributed by atoms with Gasteiger partial charge in [0.1, 0.15) is 17.0 Å². The van der Waals surface area contributed by atoms with Gasteiger partial charge in [-0.25, -0.2) is 0 Å². The summed E-state index contributed by atoms with van der Waals surface area (Å²) in [6.45, 7) is 4.76. The molecule has 1 heterocycles. The Hall–Kier alpha value is -2.63. The highest BCUT2D eigenvalue weighted by Gasteiger charge is 2.29. The number of nitrogens with one attached hydrogen (secondary N) is 1. The van der Waals surface area contributed by atoms with E-state index in [1.54, 1.807) is 20.8 Å². The highest BCUT2D eigenvalue weighted by atomic mass is 16.5. The molecule has 6 nitrogen and oxygen atoms in total. The first kappa shape index (κ1) is 15.8. The molecular weight excluding hydrogens is 284 g/mol. The van der Waals surface area contributed by atoms with Gasteiger partial charge < -0.3 is 14.9 Å². The van der Waals surface area contributed by atoms with Gasteiger partial charge in [-0.3, -0.25) is 9.59 Å². The third-order valence-electron chi connectivity index (χ3n) is 3.41. The Morgan fingerprint density at radius 2 is 1.91 bits per heavy atom. The Labute approximate surface area is 128 Å². The average molecular weight is 302 g/mol. The zero-order valence-corrected chi connectivity index (χ0v) is 12.7. The second-order valence-corrected chi connectivity index (χ2v) is 5.70. The van der Waals surface area contributed by atoms with Gasteiger partial charge in [-0.05, 0) is 20.8 Å². The van der Waals surface area contributed by atoms with Gasteiger partial charge in [-0.2, -0.15) is 0 Å². The van der Waals surface area contributed by atoms with E-state index in [1.807, 2.05) is 30.3 Å². The Bertz CT molecular complexity index is 689. The van der Waals surface area contributed by atoms with E-state index in [-0.39, 0.29) is 6.54 Å². The molecule has 0 unspecified atom stereocenters. The molecule has 1 aromatic carbocycles. The summed E-state index contributed by atoms with van der Waals surface area (Å²) in [7, 11) is 0. The van der Waals surface area contributed by atoms with Crippen molar-refractivity contribution in [2.45, 2.75) is 20.8 Å². The summed E-state index contributed by atoms with van der Waals surface area (Å²) in [4.78, 5) is 23.5. The lowest BCUT2D eigenvalue weighted by atomic mass is 9.93. The van der Waals surface area contributed by atoms with Crippen molar-refractivity contribution < 1.29 is 19.2 Å². The lowest BCUT2D eigenvalue weighted by Crippen LogP contribution is -2.39. The predicted octanol–water partition coefficient (Wildman–Crippen LogP) is 2.49. The lowest BCUT2D eigenvalue weighted by Gasteiger charge is -2.19. The van der Waals surface area contributed by atoms with Crippen molar-refractivity contribution in [2.75, 3.05) is 6.54 Å². The lowest BCUT2D eigenvalue weighted by molar-refractivity contribution is -0.146. The number of carbonyl (C=O) groups is 2. The molecule has 0 aliphatic carbocycles. The fraction of sp³-hybridized carbons (Fsp3) is 0.312. The summed E-state index contributed by atoms with van der Waals surface area (Å²) in [5.41, 5.74) is 0.492. The van der Waals surface area contributed by atoms with E-state index in [1.165, 1.54) is 0 Å². The van der Waals surface area contributed by atoms with Gasteiger partial charge in [0.2, 0.25) is 0 Å². The van der Waals surface area contributed by atoms with E-state index in [0.717, 1.165) is 5.56 Å². The van der Waals surface area contributed by atoms with Crippen molar-refractivity contribution in [3.05, 3.63) is 41.7 Å². The summed E-state index contributed by atoms with van der Waals surface area (Å²) < 4.78 is 5.12. The number of amides is 1. The Balaban J connectivity index is 2.24. The number of nitrogens with zero attached hydrogens (tertiary/aromatic N) is 1. The first-order valence-electron chi connectivity index (χ1n) is 6.86. The minimum atomic E-state index is -1.05. The number of aryl methyl sites for hydroxylation is 1.